The third kappa shape index (κ3) is 4.55. The molecule has 0 aliphatic carbocycles. The van der Waals surface area contributed by atoms with E-state index in [-0.39, 0.29) is 12.1 Å². The number of hydrogen-bond donors (Lipinski definition) is 0. The maximum absolute atomic E-state index is 13.6. The maximum Gasteiger partial charge on any atom is 0.416 e. The Morgan fingerprint density at radius 2 is 1.77 bits per heavy atom. The van der Waals surface area contributed by atoms with Gasteiger partial charge in [-0.3, -0.25) is 14.3 Å². The van der Waals surface area contributed by atoms with E-state index in [1.54, 1.807) is 16.8 Å². The normalized spacial score (nSPS) is 14.0. The first-order valence-corrected chi connectivity index (χ1v) is 11.2. The van der Waals surface area contributed by atoms with E-state index in [4.69, 9.17) is 0 Å². The molecule has 176 valence electrons. The molecule has 2 aromatic heterocycles. The number of aromatic nitrogens is 2. The lowest BCUT2D eigenvalue weighted by molar-refractivity contribution is -0.137. The van der Waals surface area contributed by atoms with Gasteiger partial charge in [0.2, 0.25) is 0 Å². The quantitative estimate of drug-likeness (QED) is 0.422. The summed E-state index contributed by atoms with van der Waals surface area (Å²) in [5, 5.41) is 10.1. The fourth-order valence-electron chi connectivity index (χ4n) is 4.68. The molecule has 3 heterocycles. The molecule has 2 aromatic carbocycles. The van der Waals surface area contributed by atoms with Crippen LogP contribution in [-0.4, -0.2) is 21.0 Å². The second-order valence-corrected chi connectivity index (χ2v) is 8.69. The van der Waals surface area contributed by atoms with Gasteiger partial charge in [0.05, 0.1) is 23.7 Å². The van der Waals surface area contributed by atoms with Crippen LogP contribution in [0.15, 0.2) is 71.7 Å². The minimum atomic E-state index is -4.41. The van der Waals surface area contributed by atoms with Crippen LogP contribution in [0.4, 0.5) is 13.2 Å². The minimum absolute atomic E-state index is 0.127. The van der Waals surface area contributed by atoms with Crippen LogP contribution < -0.4 is 5.56 Å². The molecule has 4 aromatic rings. The Hall–Kier alpha value is -3.96. The molecule has 0 saturated heterocycles. The van der Waals surface area contributed by atoms with E-state index >= 15 is 0 Å². The molecule has 35 heavy (non-hydrogen) atoms. The van der Waals surface area contributed by atoms with E-state index in [0.29, 0.717) is 41.8 Å². The van der Waals surface area contributed by atoms with Gasteiger partial charge in [0, 0.05) is 36.8 Å². The van der Waals surface area contributed by atoms with Crippen molar-refractivity contribution in [2.45, 2.75) is 32.2 Å². The molecular formula is C27H21F3N4O. The van der Waals surface area contributed by atoms with Crippen molar-refractivity contribution in [2.75, 3.05) is 6.54 Å². The van der Waals surface area contributed by atoms with Crippen LogP contribution in [0.3, 0.4) is 0 Å². The van der Waals surface area contributed by atoms with Gasteiger partial charge in [-0.15, -0.1) is 0 Å². The number of hydrogen-bond acceptors (Lipinski definition) is 4. The van der Waals surface area contributed by atoms with Gasteiger partial charge in [0.15, 0.2) is 0 Å². The first kappa shape index (κ1) is 22.8. The molecule has 5 rings (SSSR count). The SMILES string of the molecule is N#Cc1cccc(CN2CCc3c(c(=O)n(Cc4ccc(C(F)(F)F)cc4)c4ncccc34)C2)c1. The Morgan fingerprint density at radius 1 is 0.971 bits per heavy atom. The van der Waals surface area contributed by atoms with Gasteiger partial charge >= 0.3 is 6.18 Å². The van der Waals surface area contributed by atoms with Gasteiger partial charge in [-0.2, -0.15) is 18.4 Å². The molecule has 0 spiro atoms. The van der Waals surface area contributed by atoms with Crippen molar-refractivity contribution in [3.05, 3.63) is 111 Å². The van der Waals surface area contributed by atoms with Gasteiger partial charge in [-0.25, -0.2) is 4.98 Å². The summed E-state index contributed by atoms with van der Waals surface area (Å²) in [6.07, 6.45) is -2.10. The van der Waals surface area contributed by atoms with Crippen LogP contribution in [0.2, 0.25) is 0 Å². The topological polar surface area (TPSA) is 61.9 Å². The van der Waals surface area contributed by atoms with E-state index in [0.717, 1.165) is 35.2 Å². The summed E-state index contributed by atoms with van der Waals surface area (Å²) in [4.78, 5) is 20.2. The highest BCUT2D eigenvalue weighted by molar-refractivity contribution is 5.80. The zero-order chi connectivity index (χ0) is 24.6. The fraction of sp³-hybridized carbons (Fsp3) is 0.222. The van der Waals surface area contributed by atoms with Crippen molar-refractivity contribution >= 4 is 11.0 Å². The van der Waals surface area contributed by atoms with Gasteiger partial charge in [0.25, 0.3) is 5.56 Å². The molecule has 8 heteroatoms. The number of fused-ring (bicyclic) bond motifs is 3. The summed E-state index contributed by atoms with van der Waals surface area (Å²) in [7, 11) is 0. The Balaban J connectivity index is 1.50. The van der Waals surface area contributed by atoms with Crippen LogP contribution >= 0.6 is 0 Å². The number of halogens is 3. The van der Waals surface area contributed by atoms with E-state index in [1.807, 2.05) is 30.3 Å². The van der Waals surface area contributed by atoms with Crippen LogP contribution in [-0.2, 0) is 32.2 Å². The van der Waals surface area contributed by atoms with E-state index in [9.17, 15) is 23.2 Å². The highest BCUT2D eigenvalue weighted by Gasteiger charge is 2.30. The Bertz CT molecular complexity index is 1500. The standard InChI is InChI=1S/C27H21F3N4O/c28-27(29,30)21-8-6-18(7-9-21)16-34-25-23(5-2-11-32-25)22-10-12-33(17-24(22)26(34)35)15-20-4-1-3-19(13-20)14-31/h1-9,11,13H,10,12,15-17H2. The van der Waals surface area contributed by atoms with Gasteiger partial charge in [0.1, 0.15) is 5.65 Å². The van der Waals surface area contributed by atoms with E-state index in [1.165, 1.54) is 12.1 Å². The lowest BCUT2D eigenvalue weighted by atomic mass is 9.97. The number of pyridine rings is 2. The molecule has 1 aliphatic rings. The Morgan fingerprint density at radius 3 is 2.51 bits per heavy atom. The zero-order valence-electron chi connectivity index (χ0n) is 18.7. The van der Waals surface area contributed by atoms with Crippen LogP contribution in [0.5, 0.6) is 0 Å². The van der Waals surface area contributed by atoms with Gasteiger partial charge in [-0.05, 0) is 59.5 Å². The van der Waals surface area contributed by atoms with Crippen molar-refractivity contribution in [1.82, 2.24) is 14.5 Å². The number of benzene rings is 2. The minimum Gasteiger partial charge on any atom is -0.294 e. The monoisotopic (exact) mass is 474 g/mol. The molecule has 0 saturated carbocycles. The smallest absolute Gasteiger partial charge is 0.294 e. The second-order valence-electron chi connectivity index (χ2n) is 8.69. The lowest BCUT2D eigenvalue weighted by Crippen LogP contribution is -2.37. The molecule has 0 N–H and O–H groups in total. The van der Waals surface area contributed by atoms with Crippen molar-refractivity contribution in [3.8, 4) is 6.07 Å². The number of nitriles is 1. The predicted molar refractivity (Wildman–Crippen MR) is 126 cm³/mol. The highest BCUT2D eigenvalue weighted by Crippen LogP contribution is 2.30. The van der Waals surface area contributed by atoms with E-state index < -0.39 is 11.7 Å². The molecule has 5 nitrogen and oxygen atoms in total. The van der Waals surface area contributed by atoms with Gasteiger partial charge in [-0.1, -0.05) is 24.3 Å². The first-order valence-electron chi connectivity index (χ1n) is 11.2. The molecule has 0 atom stereocenters. The summed E-state index contributed by atoms with van der Waals surface area (Å²) >= 11 is 0. The Labute approximate surface area is 199 Å². The average molecular weight is 474 g/mol. The van der Waals surface area contributed by atoms with Crippen molar-refractivity contribution in [2.24, 2.45) is 0 Å². The fourth-order valence-corrected chi connectivity index (χ4v) is 4.68. The third-order valence-electron chi connectivity index (χ3n) is 6.38. The molecule has 0 radical (unpaired) electrons. The van der Waals surface area contributed by atoms with Crippen molar-refractivity contribution < 1.29 is 13.2 Å². The lowest BCUT2D eigenvalue weighted by Gasteiger charge is -2.30. The van der Waals surface area contributed by atoms with Crippen molar-refractivity contribution in [1.29, 1.82) is 5.26 Å². The molecular weight excluding hydrogens is 453 g/mol. The molecule has 0 bridgehead atoms. The zero-order valence-corrected chi connectivity index (χ0v) is 18.7. The number of nitrogens with zero attached hydrogens (tertiary/aromatic N) is 4. The molecule has 0 fully saturated rings. The average Bonchev–Trinajstić information content (AvgIpc) is 2.86. The summed E-state index contributed by atoms with van der Waals surface area (Å²) in [5.74, 6) is 0. The molecule has 1 aliphatic heterocycles. The van der Waals surface area contributed by atoms with Gasteiger partial charge < -0.3 is 0 Å². The number of rotatable bonds is 4. The third-order valence-corrected chi connectivity index (χ3v) is 6.38. The number of alkyl halides is 3. The Kier molecular flexibility index (Phi) is 5.87. The predicted octanol–water partition coefficient (Wildman–Crippen LogP) is 4.89. The van der Waals surface area contributed by atoms with Crippen LogP contribution in [0.25, 0.3) is 11.0 Å². The second kappa shape index (κ2) is 9.01. The van der Waals surface area contributed by atoms with E-state index in [2.05, 4.69) is 16.0 Å². The van der Waals surface area contributed by atoms with Crippen molar-refractivity contribution in [3.63, 3.8) is 0 Å². The first-order chi connectivity index (χ1) is 16.8. The molecule has 0 unspecified atom stereocenters. The van der Waals surface area contributed by atoms with Crippen LogP contribution in [0.1, 0.15) is 33.4 Å². The summed E-state index contributed by atoms with van der Waals surface area (Å²) in [6, 6.07) is 18.2. The summed E-state index contributed by atoms with van der Waals surface area (Å²) in [6.45, 7) is 1.94. The highest BCUT2D eigenvalue weighted by atomic mass is 19.4. The van der Waals surface area contributed by atoms with Crippen LogP contribution in [0, 0.1) is 11.3 Å². The summed E-state index contributed by atoms with van der Waals surface area (Å²) in [5.41, 5.74) is 3.47. The largest absolute Gasteiger partial charge is 0.416 e. The maximum atomic E-state index is 13.6. The summed E-state index contributed by atoms with van der Waals surface area (Å²) < 4.78 is 40.4. The molecule has 0 amide bonds.